The summed E-state index contributed by atoms with van der Waals surface area (Å²) in [5, 5.41) is 7.75. The van der Waals surface area contributed by atoms with E-state index in [9.17, 15) is 9.18 Å². The van der Waals surface area contributed by atoms with E-state index in [0.29, 0.717) is 36.7 Å². The van der Waals surface area contributed by atoms with Crippen molar-refractivity contribution in [2.24, 2.45) is 7.05 Å². The van der Waals surface area contributed by atoms with Crippen LogP contribution in [0, 0.1) is 5.82 Å². The lowest BCUT2D eigenvalue weighted by atomic mass is 9.93. The summed E-state index contributed by atoms with van der Waals surface area (Å²) < 4.78 is 15.9. The number of anilines is 1. The summed E-state index contributed by atoms with van der Waals surface area (Å²) in [5.41, 5.74) is 4.10. The first kappa shape index (κ1) is 22.2. The average Bonchev–Trinajstić information content (AvgIpc) is 3.24. The van der Waals surface area contributed by atoms with Crippen molar-refractivity contribution in [1.29, 1.82) is 0 Å². The Labute approximate surface area is 204 Å². The number of carbonyl (C=O) groups is 1. The van der Waals surface area contributed by atoms with Crippen LogP contribution < -0.4 is 5.32 Å². The number of benzene rings is 2. The van der Waals surface area contributed by atoms with Gasteiger partial charge in [-0.05, 0) is 51.2 Å². The van der Waals surface area contributed by atoms with Crippen molar-refractivity contribution in [1.82, 2.24) is 24.6 Å². The Bertz CT molecular complexity index is 1320. The normalized spacial score (nSPS) is 15.1. The molecule has 0 saturated carbocycles. The lowest BCUT2D eigenvalue weighted by molar-refractivity contribution is 0.0645. The molecule has 0 radical (unpaired) electrons. The van der Waals surface area contributed by atoms with Gasteiger partial charge in [-0.3, -0.25) is 9.48 Å². The molecular weight excluding hydrogens is 499 g/mol. The van der Waals surface area contributed by atoms with Crippen LogP contribution in [0.3, 0.4) is 0 Å². The van der Waals surface area contributed by atoms with Gasteiger partial charge in [0.05, 0.1) is 10.5 Å². The molecule has 0 bridgehead atoms. The van der Waals surface area contributed by atoms with Crippen molar-refractivity contribution in [2.75, 3.05) is 11.9 Å². The smallest absolute Gasteiger partial charge is 0.275 e. The second-order valence-corrected chi connectivity index (χ2v) is 9.15. The first-order valence-electron chi connectivity index (χ1n) is 10.9. The predicted molar refractivity (Wildman–Crippen MR) is 131 cm³/mol. The fraction of sp³-hybridized carbons (Fsp3) is 0.200. The summed E-state index contributed by atoms with van der Waals surface area (Å²) in [6, 6.07) is 14.1. The number of carbonyl (C=O) groups excluding carboxylic acids is 1. The SMILES string of the molecule is Cn1cc(-c2ccc(F)cc2)c(C(=O)N2Cc3ccccc3CC2CNc2ncc(Br)cn2)n1. The van der Waals surface area contributed by atoms with Crippen LogP contribution in [-0.4, -0.2) is 43.1 Å². The molecule has 2 aromatic carbocycles. The molecule has 7 nitrogen and oxygen atoms in total. The third-order valence-electron chi connectivity index (χ3n) is 5.92. The molecule has 0 spiro atoms. The first-order valence-corrected chi connectivity index (χ1v) is 11.7. The van der Waals surface area contributed by atoms with E-state index < -0.39 is 0 Å². The molecule has 0 aliphatic carbocycles. The van der Waals surface area contributed by atoms with Gasteiger partial charge in [0.15, 0.2) is 5.69 Å². The molecule has 2 aromatic heterocycles. The van der Waals surface area contributed by atoms with E-state index in [1.165, 1.54) is 17.7 Å². The van der Waals surface area contributed by atoms with Crippen LogP contribution in [0.4, 0.5) is 10.3 Å². The lowest BCUT2D eigenvalue weighted by Gasteiger charge is -2.37. The predicted octanol–water partition coefficient (Wildman–Crippen LogP) is 4.46. The second-order valence-electron chi connectivity index (χ2n) is 8.24. The van der Waals surface area contributed by atoms with Crippen LogP contribution >= 0.6 is 15.9 Å². The monoisotopic (exact) mass is 520 g/mol. The number of rotatable bonds is 5. The zero-order valence-electron chi connectivity index (χ0n) is 18.4. The lowest BCUT2D eigenvalue weighted by Crippen LogP contribution is -2.48. The molecule has 9 heteroatoms. The van der Waals surface area contributed by atoms with Gasteiger partial charge < -0.3 is 10.2 Å². The fourth-order valence-electron chi connectivity index (χ4n) is 4.24. The molecule has 0 saturated heterocycles. The van der Waals surface area contributed by atoms with Gasteiger partial charge in [0, 0.05) is 44.3 Å². The molecular formula is C25H22BrFN6O. The quantitative estimate of drug-likeness (QED) is 0.420. The van der Waals surface area contributed by atoms with Gasteiger partial charge in [-0.2, -0.15) is 5.10 Å². The highest BCUT2D eigenvalue weighted by Gasteiger charge is 2.33. The van der Waals surface area contributed by atoms with E-state index >= 15 is 0 Å². The molecule has 3 heterocycles. The number of aryl methyl sites for hydroxylation is 1. The van der Waals surface area contributed by atoms with Crippen LogP contribution in [-0.2, 0) is 20.0 Å². The Kier molecular flexibility index (Phi) is 6.10. The molecule has 172 valence electrons. The summed E-state index contributed by atoms with van der Waals surface area (Å²) in [6.07, 6.45) is 5.85. The molecule has 1 aliphatic rings. The van der Waals surface area contributed by atoms with Crippen molar-refractivity contribution < 1.29 is 9.18 Å². The summed E-state index contributed by atoms with van der Waals surface area (Å²) in [6.45, 7) is 0.961. The van der Waals surface area contributed by atoms with Crippen LogP contribution in [0.1, 0.15) is 21.6 Å². The molecule has 1 N–H and O–H groups in total. The van der Waals surface area contributed by atoms with Crippen LogP contribution in [0.2, 0.25) is 0 Å². The van der Waals surface area contributed by atoms with E-state index in [1.54, 1.807) is 42.5 Å². The number of hydrogen-bond donors (Lipinski definition) is 1. The average molecular weight is 521 g/mol. The molecule has 1 aliphatic heterocycles. The number of nitrogens with one attached hydrogen (secondary N) is 1. The van der Waals surface area contributed by atoms with Gasteiger partial charge in [-0.15, -0.1) is 0 Å². The molecule has 0 fully saturated rings. The minimum Gasteiger partial charge on any atom is -0.352 e. The maximum Gasteiger partial charge on any atom is 0.275 e. The number of aromatic nitrogens is 4. The van der Waals surface area contributed by atoms with Gasteiger partial charge in [-0.25, -0.2) is 14.4 Å². The molecule has 34 heavy (non-hydrogen) atoms. The Morgan fingerprint density at radius 2 is 1.82 bits per heavy atom. The molecule has 5 rings (SSSR count). The third kappa shape index (κ3) is 4.56. The third-order valence-corrected chi connectivity index (χ3v) is 6.33. The zero-order chi connectivity index (χ0) is 23.7. The molecule has 1 amide bonds. The standard InChI is InChI=1S/C25H22BrFN6O/c1-32-15-22(16-6-8-20(27)9-7-16)23(31-32)24(34)33-14-18-5-3-2-4-17(18)10-21(33)13-30-25-28-11-19(26)12-29-25/h2-9,11-12,15,21H,10,13-14H2,1H3,(H,28,29,30). The van der Waals surface area contributed by atoms with E-state index in [4.69, 9.17) is 0 Å². The topological polar surface area (TPSA) is 75.9 Å². The number of fused-ring (bicyclic) bond motifs is 1. The highest BCUT2D eigenvalue weighted by Crippen LogP contribution is 2.29. The fourth-order valence-corrected chi connectivity index (χ4v) is 4.45. The zero-order valence-corrected chi connectivity index (χ0v) is 20.0. The van der Waals surface area contributed by atoms with Crippen molar-refractivity contribution in [3.63, 3.8) is 0 Å². The minimum absolute atomic E-state index is 0.127. The summed E-state index contributed by atoms with van der Waals surface area (Å²) in [4.78, 5) is 24.3. The Hall–Kier alpha value is -3.59. The van der Waals surface area contributed by atoms with Crippen LogP contribution in [0.25, 0.3) is 11.1 Å². The van der Waals surface area contributed by atoms with Crippen molar-refractivity contribution in [3.8, 4) is 11.1 Å². The van der Waals surface area contributed by atoms with Gasteiger partial charge in [-0.1, -0.05) is 36.4 Å². The summed E-state index contributed by atoms with van der Waals surface area (Å²) in [7, 11) is 1.78. The van der Waals surface area contributed by atoms with E-state index in [0.717, 1.165) is 15.6 Å². The second kappa shape index (κ2) is 9.34. The van der Waals surface area contributed by atoms with Crippen molar-refractivity contribution in [2.45, 2.75) is 19.0 Å². The van der Waals surface area contributed by atoms with E-state index in [2.05, 4.69) is 48.4 Å². The number of amides is 1. The number of nitrogens with zero attached hydrogens (tertiary/aromatic N) is 5. The van der Waals surface area contributed by atoms with Gasteiger partial charge in [0.2, 0.25) is 5.95 Å². The minimum atomic E-state index is -0.325. The van der Waals surface area contributed by atoms with Gasteiger partial charge in [0.1, 0.15) is 5.82 Å². The Morgan fingerprint density at radius 1 is 1.12 bits per heavy atom. The van der Waals surface area contributed by atoms with Crippen molar-refractivity contribution in [3.05, 3.63) is 94.2 Å². The van der Waals surface area contributed by atoms with Crippen LogP contribution in [0.5, 0.6) is 0 Å². The number of hydrogen-bond acceptors (Lipinski definition) is 5. The molecule has 4 aromatic rings. The summed E-state index contributed by atoms with van der Waals surface area (Å²) >= 11 is 3.34. The highest BCUT2D eigenvalue weighted by atomic mass is 79.9. The van der Waals surface area contributed by atoms with Gasteiger partial charge in [0.25, 0.3) is 5.91 Å². The highest BCUT2D eigenvalue weighted by molar-refractivity contribution is 9.10. The first-order chi connectivity index (χ1) is 16.5. The summed E-state index contributed by atoms with van der Waals surface area (Å²) in [5.74, 6) is 0.00620. The van der Waals surface area contributed by atoms with E-state index in [-0.39, 0.29) is 17.8 Å². The van der Waals surface area contributed by atoms with Gasteiger partial charge >= 0.3 is 0 Å². The van der Waals surface area contributed by atoms with E-state index in [1.807, 2.05) is 17.0 Å². The largest absolute Gasteiger partial charge is 0.352 e. The number of halogens is 2. The molecule has 1 unspecified atom stereocenters. The maximum atomic E-state index is 13.9. The Morgan fingerprint density at radius 3 is 2.56 bits per heavy atom. The Balaban J connectivity index is 1.46. The van der Waals surface area contributed by atoms with Crippen molar-refractivity contribution >= 4 is 27.8 Å². The molecule has 1 atom stereocenters. The maximum absolute atomic E-state index is 13.9. The van der Waals surface area contributed by atoms with Crippen LogP contribution in [0.15, 0.2) is 71.6 Å².